The molecule has 1 aromatic carbocycles. The molecule has 5 rings (SSSR count). The van der Waals surface area contributed by atoms with E-state index in [-0.39, 0.29) is 33.8 Å². The van der Waals surface area contributed by atoms with Gasteiger partial charge in [0.05, 0.1) is 29.2 Å². The van der Waals surface area contributed by atoms with Gasteiger partial charge in [0.1, 0.15) is 11.4 Å². The van der Waals surface area contributed by atoms with Crippen LogP contribution in [0.3, 0.4) is 0 Å². The number of imidazole rings is 1. The molecule has 0 saturated heterocycles. The van der Waals surface area contributed by atoms with E-state index < -0.39 is 15.8 Å². The van der Waals surface area contributed by atoms with Crippen molar-refractivity contribution >= 4 is 20.9 Å². The summed E-state index contributed by atoms with van der Waals surface area (Å²) < 4.78 is 50.0. The van der Waals surface area contributed by atoms with Crippen LogP contribution in [0.15, 0.2) is 72.4 Å². The van der Waals surface area contributed by atoms with Crippen LogP contribution in [0.4, 0.5) is 4.39 Å². The molecule has 4 heterocycles. The first-order valence-corrected chi connectivity index (χ1v) is 12.0. The van der Waals surface area contributed by atoms with E-state index in [1.54, 1.807) is 30.7 Å². The van der Waals surface area contributed by atoms with Gasteiger partial charge in [-0.05, 0) is 24.3 Å². The average molecular weight is 492 g/mol. The van der Waals surface area contributed by atoms with E-state index in [0.29, 0.717) is 22.6 Å². The van der Waals surface area contributed by atoms with Crippen molar-refractivity contribution in [2.45, 2.75) is 11.9 Å². The van der Waals surface area contributed by atoms with Gasteiger partial charge in [-0.3, -0.25) is 4.98 Å². The lowest BCUT2D eigenvalue weighted by molar-refractivity contribution is 0.395. The summed E-state index contributed by atoms with van der Waals surface area (Å²) in [6.07, 6.45) is 7.26. The van der Waals surface area contributed by atoms with Crippen molar-refractivity contribution in [2.24, 2.45) is 0 Å². The normalized spacial score (nSPS) is 11.5. The fourth-order valence-corrected chi connectivity index (χ4v) is 3.96. The summed E-state index contributed by atoms with van der Waals surface area (Å²) in [5, 5.41) is -0.0566. The number of aromatic amines is 1. The number of sulfone groups is 1. The first-order chi connectivity index (χ1) is 16.9. The number of H-pyrrole nitrogens is 1. The van der Waals surface area contributed by atoms with Crippen LogP contribution in [0.2, 0.25) is 0 Å². The van der Waals surface area contributed by atoms with Gasteiger partial charge in [-0.25, -0.2) is 28.4 Å². The van der Waals surface area contributed by atoms with Crippen LogP contribution in [0.1, 0.15) is 6.92 Å². The van der Waals surface area contributed by atoms with Gasteiger partial charge in [0.25, 0.3) is 5.95 Å². The maximum atomic E-state index is 14.2. The number of ether oxygens (including phenoxy) is 2. The zero-order valence-electron chi connectivity index (χ0n) is 18.2. The third kappa shape index (κ3) is 4.64. The van der Waals surface area contributed by atoms with Gasteiger partial charge in [0.15, 0.2) is 37.9 Å². The predicted molar refractivity (Wildman–Crippen MR) is 123 cm³/mol. The van der Waals surface area contributed by atoms with E-state index in [9.17, 15) is 12.8 Å². The molecule has 10 nitrogen and oxygen atoms in total. The van der Waals surface area contributed by atoms with Crippen LogP contribution >= 0.6 is 0 Å². The Hall–Kier alpha value is -4.45. The summed E-state index contributed by atoms with van der Waals surface area (Å²) in [6, 6.07) is 9.01. The molecule has 0 radical (unpaired) electrons. The maximum absolute atomic E-state index is 14.2. The molecule has 35 heavy (non-hydrogen) atoms. The second-order valence-corrected chi connectivity index (χ2v) is 9.45. The Kier molecular flexibility index (Phi) is 5.79. The Balaban J connectivity index is 1.56. The molecule has 0 aliphatic carbocycles. The van der Waals surface area contributed by atoms with Gasteiger partial charge in [-0.2, -0.15) is 4.39 Å². The highest BCUT2D eigenvalue weighted by atomic mass is 32.2. The fourth-order valence-electron chi connectivity index (χ4n) is 3.17. The van der Waals surface area contributed by atoms with Gasteiger partial charge in [0.2, 0.25) is 0 Å². The summed E-state index contributed by atoms with van der Waals surface area (Å²) in [5.41, 5.74) is 1.64. The number of pyridine rings is 2. The van der Waals surface area contributed by atoms with Crippen molar-refractivity contribution in [2.75, 3.05) is 5.75 Å². The van der Waals surface area contributed by atoms with Crippen LogP contribution in [-0.4, -0.2) is 44.1 Å². The van der Waals surface area contributed by atoms with Crippen LogP contribution in [0.25, 0.3) is 22.6 Å². The molecule has 12 heteroatoms. The minimum atomic E-state index is -3.46. The number of hydrogen-bond acceptors (Lipinski definition) is 9. The van der Waals surface area contributed by atoms with Crippen LogP contribution < -0.4 is 9.47 Å². The lowest BCUT2D eigenvalue weighted by Crippen LogP contribution is -2.05. The Labute approximate surface area is 198 Å². The van der Waals surface area contributed by atoms with E-state index >= 15 is 0 Å². The van der Waals surface area contributed by atoms with Gasteiger partial charge in [-0.1, -0.05) is 6.92 Å². The van der Waals surface area contributed by atoms with Crippen molar-refractivity contribution in [1.29, 1.82) is 0 Å². The summed E-state index contributed by atoms with van der Waals surface area (Å²) in [5.74, 6) is 0.124. The van der Waals surface area contributed by atoms with Crippen LogP contribution in [0, 0.1) is 5.95 Å². The van der Waals surface area contributed by atoms with Crippen molar-refractivity contribution in [3.05, 3.63) is 73.3 Å². The number of hydrogen-bond donors (Lipinski definition) is 1. The second kappa shape index (κ2) is 9.06. The lowest BCUT2D eigenvalue weighted by Gasteiger charge is -2.13. The van der Waals surface area contributed by atoms with Crippen molar-refractivity contribution in [3.8, 4) is 34.5 Å². The molecule has 0 atom stereocenters. The number of benzene rings is 1. The van der Waals surface area contributed by atoms with Crippen molar-refractivity contribution in [1.82, 2.24) is 29.9 Å². The van der Waals surface area contributed by atoms with Gasteiger partial charge >= 0.3 is 0 Å². The molecule has 0 unspecified atom stereocenters. The molecule has 0 bridgehead atoms. The molecule has 0 aliphatic rings. The number of halogens is 1. The quantitative estimate of drug-likeness (QED) is 0.330. The lowest BCUT2D eigenvalue weighted by atomic mass is 10.2. The van der Waals surface area contributed by atoms with Crippen LogP contribution in [-0.2, 0) is 9.84 Å². The summed E-state index contributed by atoms with van der Waals surface area (Å²) in [6.45, 7) is 1.54. The second-order valence-electron chi connectivity index (χ2n) is 7.22. The largest absolute Gasteiger partial charge is 0.452 e. The molecule has 176 valence electrons. The molecule has 0 aliphatic heterocycles. The summed E-state index contributed by atoms with van der Waals surface area (Å²) in [4.78, 5) is 23.5. The van der Waals surface area contributed by atoms with E-state index in [4.69, 9.17) is 9.47 Å². The molecular weight excluding hydrogens is 475 g/mol. The van der Waals surface area contributed by atoms with E-state index in [1.165, 1.54) is 43.6 Å². The molecular formula is C23H17FN6O4S. The summed E-state index contributed by atoms with van der Waals surface area (Å²) >= 11 is 0. The zero-order valence-corrected chi connectivity index (χ0v) is 19.0. The number of nitrogens with zero attached hydrogens (tertiary/aromatic N) is 5. The first-order valence-electron chi connectivity index (χ1n) is 10.4. The fraction of sp³-hybridized carbons (Fsp3) is 0.0870. The molecule has 5 aromatic rings. The topological polar surface area (TPSA) is 133 Å². The van der Waals surface area contributed by atoms with Gasteiger partial charge < -0.3 is 14.5 Å². The number of aromatic nitrogens is 6. The first kappa shape index (κ1) is 22.3. The number of nitrogens with one attached hydrogen (secondary N) is 1. The standard InChI is InChI=1S/C23H17FN6O4S/c1-2-35(31,32)21-6-5-14(12-28-21)33-19-10-15-16(30-23(29-15)17-13-25-8-9-26-17)11-20(19)34-18-4-3-7-27-22(18)24/h3-13H,2H2,1H3,(H,29,30). The van der Waals surface area contributed by atoms with E-state index in [2.05, 4.69) is 29.9 Å². The number of fused-ring (bicyclic) bond motifs is 1. The molecule has 0 saturated carbocycles. The zero-order chi connectivity index (χ0) is 24.4. The Morgan fingerprint density at radius 1 is 0.943 bits per heavy atom. The third-order valence-electron chi connectivity index (χ3n) is 4.93. The summed E-state index contributed by atoms with van der Waals surface area (Å²) in [7, 11) is -3.46. The van der Waals surface area contributed by atoms with E-state index in [0.717, 1.165) is 0 Å². The molecule has 0 amide bonds. The highest BCUT2D eigenvalue weighted by Crippen LogP contribution is 2.38. The maximum Gasteiger partial charge on any atom is 0.255 e. The predicted octanol–water partition coefficient (Wildman–Crippen LogP) is 4.33. The Bertz CT molecular complexity index is 1610. The monoisotopic (exact) mass is 492 g/mol. The smallest absolute Gasteiger partial charge is 0.255 e. The highest BCUT2D eigenvalue weighted by molar-refractivity contribution is 7.91. The number of rotatable bonds is 7. The van der Waals surface area contributed by atoms with E-state index in [1.807, 2.05) is 0 Å². The molecule has 0 fully saturated rings. The average Bonchev–Trinajstić information content (AvgIpc) is 3.29. The van der Waals surface area contributed by atoms with Gasteiger partial charge in [-0.15, -0.1) is 0 Å². The minimum Gasteiger partial charge on any atom is -0.452 e. The van der Waals surface area contributed by atoms with Crippen molar-refractivity contribution in [3.63, 3.8) is 0 Å². The van der Waals surface area contributed by atoms with Crippen molar-refractivity contribution < 1.29 is 22.3 Å². The Morgan fingerprint density at radius 3 is 2.51 bits per heavy atom. The Morgan fingerprint density at radius 2 is 1.80 bits per heavy atom. The molecule has 1 N–H and O–H groups in total. The molecule has 4 aromatic heterocycles. The highest BCUT2D eigenvalue weighted by Gasteiger charge is 2.17. The minimum absolute atomic E-state index is 0.0566. The van der Waals surface area contributed by atoms with Crippen LogP contribution in [0.5, 0.6) is 23.0 Å². The SMILES string of the molecule is CCS(=O)(=O)c1ccc(Oc2cc3[nH]c(-c4cnccn4)nc3cc2Oc2cccnc2F)cn1. The third-order valence-corrected chi connectivity index (χ3v) is 6.57. The molecule has 0 spiro atoms. The van der Waals surface area contributed by atoms with Gasteiger partial charge in [0, 0.05) is 30.7 Å².